The normalized spacial score (nSPS) is 18.8. The number of amides is 1. The molecule has 0 aliphatic carbocycles. The summed E-state index contributed by atoms with van der Waals surface area (Å²) in [6, 6.07) is 12.0. The van der Waals surface area contributed by atoms with E-state index in [1.54, 1.807) is 12.1 Å². The van der Waals surface area contributed by atoms with Gasteiger partial charge in [0.15, 0.2) is 11.5 Å². The predicted octanol–water partition coefficient (Wildman–Crippen LogP) is 3.53. The number of nitrogens with zero attached hydrogens (tertiary/aromatic N) is 2. The van der Waals surface area contributed by atoms with Gasteiger partial charge in [-0.25, -0.2) is 0 Å². The zero-order valence-corrected chi connectivity index (χ0v) is 16.0. The molecular weight excluding hydrogens is 374 g/mol. The zero-order valence-electron chi connectivity index (χ0n) is 16.0. The van der Waals surface area contributed by atoms with Crippen LogP contribution < -0.4 is 14.8 Å². The SMILES string of the molecule is O=C(CN1CCCC1c1ccc2c(c1)OCCCO2)Nc1ccc([N+](=O)[O-])cc1. The molecule has 2 aromatic rings. The molecule has 2 heterocycles. The highest BCUT2D eigenvalue weighted by Crippen LogP contribution is 2.37. The lowest BCUT2D eigenvalue weighted by Crippen LogP contribution is -2.32. The summed E-state index contributed by atoms with van der Waals surface area (Å²) in [4.78, 5) is 24.9. The van der Waals surface area contributed by atoms with Crippen molar-refractivity contribution in [3.8, 4) is 11.5 Å². The molecule has 2 aliphatic rings. The van der Waals surface area contributed by atoms with E-state index in [-0.39, 0.29) is 24.2 Å². The molecule has 0 saturated carbocycles. The number of benzene rings is 2. The van der Waals surface area contributed by atoms with Crippen molar-refractivity contribution in [3.63, 3.8) is 0 Å². The quantitative estimate of drug-likeness (QED) is 0.613. The summed E-state index contributed by atoms with van der Waals surface area (Å²) < 4.78 is 11.5. The monoisotopic (exact) mass is 397 g/mol. The van der Waals surface area contributed by atoms with Gasteiger partial charge in [0.05, 0.1) is 24.7 Å². The first-order valence-corrected chi connectivity index (χ1v) is 9.78. The third-order valence-corrected chi connectivity index (χ3v) is 5.23. The van der Waals surface area contributed by atoms with Crippen LogP contribution in [0, 0.1) is 10.1 Å². The van der Waals surface area contributed by atoms with E-state index in [2.05, 4.69) is 10.2 Å². The lowest BCUT2D eigenvalue weighted by atomic mass is 10.0. The van der Waals surface area contributed by atoms with Crippen molar-refractivity contribution in [2.75, 3.05) is 31.6 Å². The molecule has 4 rings (SSSR count). The fourth-order valence-corrected chi connectivity index (χ4v) is 3.83. The van der Waals surface area contributed by atoms with Gasteiger partial charge < -0.3 is 14.8 Å². The van der Waals surface area contributed by atoms with Crippen LogP contribution in [0.15, 0.2) is 42.5 Å². The molecular formula is C21H23N3O5. The number of rotatable bonds is 5. The molecule has 1 unspecified atom stereocenters. The van der Waals surface area contributed by atoms with Crippen LogP contribution in [-0.4, -0.2) is 42.0 Å². The van der Waals surface area contributed by atoms with Crippen molar-refractivity contribution in [2.45, 2.75) is 25.3 Å². The molecule has 29 heavy (non-hydrogen) atoms. The van der Waals surface area contributed by atoms with Crippen molar-refractivity contribution in [3.05, 3.63) is 58.1 Å². The Balaban J connectivity index is 1.41. The predicted molar refractivity (Wildman–Crippen MR) is 107 cm³/mol. The molecule has 8 nitrogen and oxygen atoms in total. The number of nitrogens with one attached hydrogen (secondary N) is 1. The maximum Gasteiger partial charge on any atom is 0.269 e. The summed E-state index contributed by atoms with van der Waals surface area (Å²) >= 11 is 0. The van der Waals surface area contributed by atoms with Gasteiger partial charge in [0.1, 0.15) is 0 Å². The van der Waals surface area contributed by atoms with Gasteiger partial charge in [0.25, 0.3) is 5.69 Å². The molecule has 0 bridgehead atoms. The number of carbonyl (C=O) groups excluding carboxylic acids is 1. The molecule has 0 aromatic heterocycles. The van der Waals surface area contributed by atoms with Gasteiger partial charge in [0.2, 0.25) is 5.91 Å². The van der Waals surface area contributed by atoms with Crippen LogP contribution in [0.25, 0.3) is 0 Å². The highest BCUT2D eigenvalue weighted by molar-refractivity contribution is 5.92. The highest BCUT2D eigenvalue weighted by atomic mass is 16.6. The smallest absolute Gasteiger partial charge is 0.269 e. The first-order valence-electron chi connectivity index (χ1n) is 9.78. The van der Waals surface area contributed by atoms with E-state index >= 15 is 0 Å². The number of fused-ring (bicyclic) bond motifs is 1. The molecule has 2 aromatic carbocycles. The molecule has 1 fully saturated rings. The second-order valence-corrected chi connectivity index (χ2v) is 7.24. The second-order valence-electron chi connectivity index (χ2n) is 7.24. The average molecular weight is 397 g/mol. The highest BCUT2D eigenvalue weighted by Gasteiger charge is 2.28. The van der Waals surface area contributed by atoms with Gasteiger partial charge in [-0.15, -0.1) is 0 Å². The Morgan fingerprint density at radius 1 is 1.10 bits per heavy atom. The number of carbonyl (C=O) groups is 1. The third kappa shape index (κ3) is 4.48. The number of hydrogen-bond acceptors (Lipinski definition) is 6. The van der Waals surface area contributed by atoms with Crippen molar-refractivity contribution >= 4 is 17.3 Å². The third-order valence-electron chi connectivity index (χ3n) is 5.23. The van der Waals surface area contributed by atoms with Gasteiger partial charge in [0, 0.05) is 30.3 Å². The number of nitro benzene ring substituents is 1. The Bertz CT molecular complexity index is 900. The lowest BCUT2D eigenvalue weighted by Gasteiger charge is -2.25. The first kappa shape index (κ1) is 19.2. The summed E-state index contributed by atoms with van der Waals surface area (Å²) in [5.74, 6) is 1.40. The molecule has 0 radical (unpaired) electrons. The van der Waals surface area contributed by atoms with Crippen LogP contribution in [0.3, 0.4) is 0 Å². The van der Waals surface area contributed by atoms with Gasteiger partial charge in [-0.2, -0.15) is 0 Å². The largest absolute Gasteiger partial charge is 0.490 e. The van der Waals surface area contributed by atoms with Crippen LogP contribution in [0.4, 0.5) is 11.4 Å². The maximum atomic E-state index is 12.5. The Morgan fingerprint density at radius 3 is 2.62 bits per heavy atom. The van der Waals surface area contributed by atoms with Crippen LogP contribution in [-0.2, 0) is 4.79 Å². The summed E-state index contributed by atoms with van der Waals surface area (Å²) in [6.45, 7) is 2.40. The molecule has 152 valence electrons. The van der Waals surface area contributed by atoms with E-state index < -0.39 is 4.92 Å². The van der Waals surface area contributed by atoms with E-state index in [1.807, 2.05) is 18.2 Å². The molecule has 2 aliphatic heterocycles. The molecule has 0 spiro atoms. The van der Waals surface area contributed by atoms with Crippen LogP contribution in [0.1, 0.15) is 30.9 Å². The topological polar surface area (TPSA) is 93.9 Å². The number of ether oxygens (including phenoxy) is 2. The van der Waals surface area contributed by atoms with Crippen LogP contribution >= 0.6 is 0 Å². The molecule has 1 N–H and O–H groups in total. The second kappa shape index (κ2) is 8.48. The van der Waals surface area contributed by atoms with Gasteiger partial charge in [-0.1, -0.05) is 6.07 Å². The fourth-order valence-electron chi connectivity index (χ4n) is 3.83. The van der Waals surface area contributed by atoms with E-state index in [0.717, 1.165) is 42.9 Å². The number of anilines is 1. The van der Waals surface area contributed by atoms with Crippen LogP contribution in [0.5, 0.6) is 11.5 Å². The first-order chi connectivity index (χ1) is 14.1. The van der Waals surface area contributed by atoms with Gasteiger partial charge in [-0.05, 0) is 49.2 Å². The summed E-state index contributed by atoms with van der Waals surface area (Å²) in [6.07, 6.45) is 2.86. The van der Waals surface area contributed by atoms with Crippen molar-refractivity contribution in [1.82, 2.24) is 4.90 Å². The Hall–Kier alpha value is -3.13. The molecule has 1 atom stereocenters. The summed E-state index contributed by atoms with van der Waals surface area (Å²) in [5, 5.41) is 13.6. The molecule has 1 amide bonds. The summed E-state index contributed by atoms with van der Waals surface area (Å²) in [5.41, 5.74) is 1.67. The van der Waals surface area contributed by atoms with E-state index in [4.69, 9.17) is 9.47 Å². The van der Waals surface area contributed by atoms with Crippen molar-refractivity contribution < 1.29 is 19.2 Å². The maximum absolute atomic E-state index is 12.5. The van der Waals surface area contributed by atoms with E-state index in [9.17, 15) is 14.9 Å². The Labute approximate surface area is 168 Å². The van der Waals surface area contributed by atoms with Crippen molar-refractivity contribution in [2.24, 2.45) is 0 Å². The minimum absolute atomic E-state index is 0.00276. The average Bonchev–Trinajstić information content (AvgIpc) is 3.03. The van der Waals surface area contributed by atoms with Gasteiger partial charge in [-0.3, -0.25) is 19.8 Å². The van der Waals surface area contributed by atoms with Gasteiger partial charge >= 0.3 is 0 Å². The minimum atomic E-state index is -0.463. The lowest BCUT2D eigenvalue weighted by molar-refractivity contribution is -0.384. The van der Waals surface area contributed by atoms with Crippen molar-refractivity contribution in [1.29, 1.82) is 0 Å². The summed E-state index contributed by atoms with van der Waals surface area (Å²) in [7, 11) is 0. The van der Waals surface area contributed by atoms with Crippen LogP contribution in [0.2, 0.25) is 0 Å². The molecule has 8 heteroatoms. The number of nitro groups is 1. The number of likely N-dealkylation sites (tertiary alicyclic amines) is 1. The Kier molecular flexibility index (Phi) is 5.62. The standard InChI is InChI=1S/C21H23N3O5/c25-21(22-16-5-7-17(8-6-16)24(26)27)14-23-10-1-3-18(23)15-4-9-19-20(13-15)29-12-2-11-28-19/h4-9,13,18H,1-3,10-12,14H2,(H,22,25). The van der Waals surface area contributed by atoms with E-state index in [0.29, 0.717) is 18.9 Å². The number of non-ortho nitro benzene ring substituents is 1. The zero-order chi connectivity index (χ0) is 20.2. The Morgan fingerprint density at radius 2 is 1.86 bits per heavy atom. The molecule has 1 saturated heterocycles. The fraction of sp³-hybridized carbons (Fsp3) is 0.381. The number of hydrogen-bond donors (Lipinski definition) is 1. The minimum Gasteiger partial charge on any atom is -0.490 e. The van der Waals surface area contributed by atoms with E-state index in [1.165, 1.54) is 12.1 Å².